The number of amides is 1. The van der Waals surface area contributed by atoms with Crippen LogP contribution in [0.4, 0.5) is 4.79 Å². The molecule has 7 heteroatoms. The smallest absolute Gasteiger partial charge is 0.410 e. The minimum Gasteiger partial charge on any atom is -0.444 e. The number of hydrogen-bond acceptors (Lipinski definition) is 6. The Bertz CT molecular complexity index is 510. The monoisotopic (exact) mass is 324 g/mol. The van der Waals surface area contributed by atoms with Crippen LogP contribution in [0.1, 0.15) is 51.7 Å². The molecule has 0 aromatic carbocycles. The highest BCUT2D eigenvalue weighted by Gasteiger charge is 2.25. The molecule has 7 nitrogen and oxygen atoms in total. The zero-order valence-corrected chi connectivity index (χ0v) is 14.6. The summed E-state index contributed by atoms with van der Waals surface area (Å²) in [6.45, 7) is 9.79. The second-order valence-corrected chi connectivity index (χ2v) is 7.03. The van der Waals surface area contributed by atoms with E-state index < -0.39 is 5.60 Å². The van der Waals surface area contributed by atoms with Crippen molar-refractivity contribution in [2.45, 2.75) is 65.0 Å². The number of rotatable bonds is 4. The lowest BCUT2D eigenvalue weighted by molar-refractivity contribution is 0.0256. The van der Waals surface area contributed by atoms with Crippen molar-refractivity contribution in [3.63, 3.8) is 0 Å². The Labute approximate surface area is 137 Å². The highest BCUT2D eigenvalue weighted by Crippen LogP contribution is 2.15. The van der Waals surface area contributed by atoms with Crippen LogP contribution in [-0.2, 0) is 11.2 Å². The average Bonchev–Trinajstić information content (AvgIpc) is 2.71. The highest BCUT2D eigenvalue weighted by atomic mass is 16.6. The minimum atomic E-state index is -0.441. The first-order valence-electron chi connectivity index (χ1n) is 8.34. The molecule has 2 heterocycles. The average molecular weight is 324 g/mol. The molecule has 0 radical (unpaired) electrons. The normalized spacial score (nSPS) is 19.5. The van der Waals surface area contributed by atoms with Crippen molar-refractivity contribution < 1.29 is 14.1 Å². The summed E-state index contributed by atoms with van der Waals surface area (Å²) in [5.74, 6) is 1.33. The molecule has 2 rings (SSSR count). The molecule has 130 valence electrons. The van der Waals surface area contributed by atoms with E-state index in [4.69, 9.17) is 9.26 Å². The summed E-state index contributed by atoms with van der Waals surface area (Å²) < 4.78 is 10.4. The third-order valence-electron chi connectivity index (χ3n) is 3.73. The molecule has 0 aliphatic carbocycles. The minimum absolute atomic E-state index is 0.208. The summed E-state index contributed by atoms with van der Waals surface area (Å²) >= 11 is 0. The standard InChI is InChI=1S/C16H28N4O3/c1-12-18-14(19-23-12)7-9-17-13-6-5-10-20(11-8-13)15(21)22-16(2,3)4/h13,17H,5-11H2,1-4H3. The van der Waals surface area contributed by atoms with Gasteiger partial charge in [-0.25, -0.2) is 4.79 Å². The molecule has 0 bridgehead atoms. The Morgan fingerprint density at radius 1 is 1.39 bits per heavy atom. The molecular weight excluding hydrogens is 296 g/mol. The van der Waals surface area contributed by atoms with Gasteiger partial charge in [0.25, 0.3) is 0 Å². The lowest BCUT2D eigenvalue weighted by Gasteiger charge is -2.26. The largest absolute Gasteiger partial charge is 0.444 e. The van der Waals surface area contributed by atoms with Crippen LogP contribution in [-0.4, -0.2) is 52.4 Å². The maximum atomic E-state index is 12.1. The number of aryl methyl sites for hydroxylation is 1. The van der Waals surface area contributed by atoms with Gasteiger partial charge in [0, 0.05) is 39.0 Å². The van der Waals surface area contributed by atoms with Crippen molar-refractivity contribution in [2.24, 2.45) is 0 Å². The predicted molar refractivity (Wildman–Crippen MR) is 86.2 cm³/mol. The number of likely N-dealkylation sites (tertiary alicyclic amines) is 1. The van der Waals surface area contributed by atoms with E-state index in [0.29, 0.717) is 11.9 Å². The van der Waals surface area contributed by atoms with E-state index in [2.05, 4.69) is 15.5 Å². The van der Waals surface area contributed by atoms with Crippen LogP contribution in [0.25, 0.3) is 0 Å². The summed E-state index contributed by atoms with van der Waals surface area (Å²) in [5, 5.41) is 7.42. The molecule has 1 atom stereocenters. The molecule has 0 saturated carbocycles. The number of carbonyl (C=O) groups excluding carboxylic acids is 1. The molecule has 1 fully saturated rings. The molecule has 1 aromatic rings. The van der Waals surface area contributed by atoms with Crippen molar-refractivity contribution in [1.29, 1.82) is 0 Å². The first kappa shape index (κ1) is 17.7. The molecule has 23 heavy (non-hydrogen) atoms. The molecule has 1 saturated heterocycles. The van der Waals surface area contributed by atoms with Crippen LogP contribution in [0.15, 0.2) is 4.52 Å². The van der Waals surface area contributed by atoms with Gasteiger partial charge in [-0.1, -0.05) is 5.16 Å². The maximum absolute atomic E-state index is 12.1. The first-order valence-corrected chi connectivity index (χ1v) is 8.34. The third-order valence-corrected chi connectivity index (χ3v) is 3.73. The Balaban J connectivity index is 1.72. The Hall–Kier alpha value is -1.63. The zero-order chi connectivity index (χ0) is 16.9. The lowest BCUT2D eigenvalue weighted by atomic mass is 10.1. The topological polar surface area (TPSA) is 80.5 Å². The van der Waals surface area contributed by atoms with Gasteiger partial charge in [-0.05, 0) is 40.0 Å². The molecule has 1 amide bonds. The number of hydrogen-bond donors (Lipinski definition) is 1. The van der Waals surface area contributed by atoms with E-state index in [1.807, 2.05) is 25.7 Å². The van der Waals surface area contributed by atoms with Gasteiger partial charge in [0.2, 0.25) is 5.89 Å². The fourth-order valence-electron chi connectivity index (χ4n) is 2.64. The second-order valence-electron chi connectivity index (χ2n) is 7.03. The summed E-state index contributed by atoms with van der Waals surface area (Å²) in [7, 11) is 0. The van der Waals surface area contributed by atoms with Crippen molar-refractivity contribution >= 4 is 6.09 Å². The van der Waals surface area contributed by atoms with Gasteiger partial charge in [0.15, 0.2) is 5.82 Å². The predicted octanol–water partition coefficient (Wildman–Crippen LogP) is 2.30. The van der Waals surface area contributed by atoms with E-state index in [9.17, 15) is 4.79 Å². The Morgan fingerprint density at radius 3 is 2.83 bits per heavy atom. The molecular formula is C16H28N4O3. The molecule has 1 unspecified atom stereocenters. The molecule has 1 aliphatic heterocycles. The van der Waals surface area contributed by atoms with E-state index in [0.717, 1.165) is 51.1 Å². The van der Waals surface area contributed by atoms with Gasteiger partial charge >= 0.3 is 6.09 Å². The summed E-state index contributed by atoms with van der Waals surface area (Å²) in [5.41, 5.74) is -0.441. The van der Waals surface area contributed by atoms with E-state index in [1.54, 1.807) is 6.92 Å². The number of nitrogens with one attached hydrogen (secondary N) is 1. The van der Waals surface area contributed by atoms with Gasteiger partial charge in [-0.2, -0.15) is 4.98 Å². The Morgan fingerprint density at radius 2 is 2.17 bits per heavy atom. The van der Waals surface area contributed by atoms with Crippen molar-refractivity contribution in [3.05, 3.63) is 11.7 Å². The SMILES string of the molecule is Cc1nc(CCNC2CCCN(C(=O)OC(C)(C)C)CC2)no1. The fourth-order valence-corrected chi connectivity index (χ4v) is 2.64. The van der Waals surface area contributed by atoms with Crippen LogP contribution in [0.5, 0.6) is 0 Å². The van der Waals surface area contributed by atoms with Gasteiger partial charge in [-0.3, -0.25) is 0 Å². The highest BCUT2D eigenvalue weighted by molar-refractivity contribution is 5.68. The van der Waals surface area contributed by atoms with Gasteiger partial charge < -0.3 is 19.5 Å². The fraction of sp³-hybridized carbons (Fsp3) is 0.812. The molecule has 1 aliphatic rings. The van der Waals surface area contributed by atoms with Crippen LogP contribution >= 0.6 is 0 Å². The van der Waals surface area contributed by atoms with Crippen molar-refractivity contribution in [1.82, 2.24) is 20.4 Å². The second kappa shape index (κ2) is 7.77. The first-order chi connectivity index (χ1) is 10.8. The number of aromatic nitrogens is 2. The number of carbonyl (C=O) groups is 1. The lowest BCUT2D eigenvalue weighted by Crippen LogP contribution is -2.38. The van der Waals surface area contributed by atoms with Crippen molar-refractivity contribution in [3.8, 4) is 0 Å². The Kier molecular flexibility index (Phi) is 5.98. The van der Waals surface area contributed by atoms with E-state index in [1.165, 1.54) is 0 Å². The third kappa shape index (κ3) is 6.17. The van der Waals surface area contributed by atoms with Crippen LogP contribution in [0.2, 0.25) is 0 Å². The van der Waals surface area contributed by atoms with E-state index >= 15 is 0 Å². The molecule has 1 N–H and O–H groups in total. The van der Waals surface area contributed by atoms with E-state index in [-0.39, 0.29) is 6.09 Å². The summed E-state index contributed by atoms with van der Waals surface area (Å²) in [6, 6.07) is 0.412. The van der Waals surface area contributed by atoms with Crippen LogP contribution in [0.3, 0.4) is 0 Å². The quantitative estimate of drug-likeness (QED) is 0.915. The van der Waals surface area contributed by atoms with Crippen molar-refractivity contribution in [2.75, 3.05) is 19.6 Å². The zero-order valence-electron chi connectivity index (χ0n) is 14.6. The van der Waals surface area contributed by atoms with Gasteiger partial charge in [0.05, 0.1) is 0 Å². The van der Waals surface area contributed by atoms with Gasteiger partial charge in [0.1, 0.15) is 5.60 Å². The number of nitrogens with zero attached hydrogens (tertiary/aromatic N) is 3. The molecule has 0 spiro atoms. The van der Waals surface area contributed by atoms with Gasteiger partial charge in [-0.15, -0.1) is 0 Å². The summed E-state index contributed by atoms with van der Waals surface area (Å²) in [4.78, 5) is 18.1. The van der Waals surface area contributed by atoms with Crippen LogP contribution in [0, 0.1) is 6.92 Å². The maximum Gasteiger partial charge on any atom is 0.410 e. The molecule has 1 aromatic heterocycles. The van der Waals surface area contributed by atoms with Crippen LogP contribution < -0.4 is 5.32 Å². The summed E-state index contributed by atoms with van der Waals surface area (Å²) in [6.07, 6.45) is 3.53. The number of ether oxygens (including phenoxy) is 1.